The van der Waals surface area contributed by atoms with E-state index < -0.39 is 0 Å². The zero-order chi connectivity index (χ0) is 17.9. The minimum atomic E-state index is 0.123. The minimum absolute atomic E-state index is 0.123. The van der Waals surface area contributed by atoms with Crippen LogP contribution in [0.3, 0.4) is 0 Å². The van der Waals surface area contributed by atoms with Gasteiger partial charge in [0.2, 0.25) is 0 Å². The molecule has 0 spiro atoms. The predicted molar refractivity (Wildman–Crippen MR) is 103 cm³/mol. The summed E-state index contributed by atoms with van der Waals surface area (Å²) in [6, 6.07) is 3.99. The lowest BCUT2D eigenvalue weighted by atomic mass is 10.1. The summed E-state index contributed by atoms with van der Waals surface area (Å²) in [5.41, 5.74) is 1.91. The Kier molecular flexibility index (Phi) is 5.42. The van der Waals surface area contributed by atoms with Gasteiger partial charge in [-0.15, -0.1) is 0 Å². The number of hydrogen-bond donors (Lipinski definition) is 1. The van der Waals surface area contributed by atoms with E-state index in [2.05, 4.69) is 36.1 Å². The molecular weight excluding hydrogens is 398 g/mol. The second kappa shape index (κ2) is 7.94. The third kappa shape index (κ3) is 3.87. The number of nitrogens with one attached hydrogen (secondary N) is 1. The van der Waals surface area contributed by atoms with E-state index in [0.717, 1.165) is 54.3 Å². The molecule has 0 aromatic carbocycles. The molecule has 2 aromatic heterocycles. The number of aliphatic imine (C=N–C) groups is 1. The predicted octanol–water partition coefficient (Wildman–Crippen LogP) is 2.05. The van der Waals surface area contributed by atoms with Crippen LogP contribution >= 0.6 is 15.9 Å². The van der Waals surface area contributed by atoms with E-state index in [1.54, 1.807) is 0 Å². The average Bonchev–Trinajstić information content (AvgIpc) is 3.32. The zero-order valence-corrected chi connectivity index (χ0v) is 16.5. The molecule has 0 amide bonds. The molecule has 140 valence electrons. The molecule has 2 aliphatic rings. The molecule has 0 aliphatic carbocycles. The fourth-order valence-electron chi connectivity index (χ4n) is 3.59. The van der Waals surface area contributed by atoms with Crippen LogP contribution in [0.2, 0.25) is 0 Å². The van der Waals surface area contributed by atoms with E-state index in [0.29, 0.717) is 13.2 Å². The highest BCUT2D eigenvalue weighted by atomic mass is 79.9. The maximum absolute atomic E-state index is 5.93. The van der Waals surface area contributed by atoms with Gasteiger partial charge in [-0.25, -0.2) is 4.98 Å². The number of rotatable bonds is 3. The van der Waals surface area contributed by atoms with Gasteiger partial charge >= 0.3 is 0 Å². The van der Waals surface area contributed by atoms with Gasteiger partial charge in [-0.05, 0) is 40.9 Å². The lowest BCUT2D eigenvalue weighted by Crippen LogP contribution is -2.53. The molecular formula is C18H24BrN5O2. The second-order valence-corrected chi connectivity index (χ2v) is 7.57. The van der Waals surface area contributed by atoms with E-state index in [9.17, 15) is 0 Å². The Labute approximate surface area is 161 Å². The molecule has 7 nitrogen and oxygen atoms in total. The summed E-state index contributed by atoms with van der Waals surface area (Å²) in [6.45, 7) is 3.83. The summed E-state index contributed by atoms with van der Waals surface area (Å²) in [5.74, 6) is 0.884. The SMILES string of the molecule is CN=C(NCc1cn2cc(Br)ccc2n1)N1CCOC(C2CCCO2)C1. The highest BCUT2D eigenvalue weighted by molar-refractivity contribution is 9.10. The van der Waals surface area contributed by atoms with Crippen LogP contribution in [0.25, 0.3) is 5.65 Å². The summed E-state index contributed by atoms with van der Waals surface area (Å²) in [5, 5.41) is 3.43. The molecule has 4 heterocycles. The largest absolute Gasteiger partial charge is 0.375 e. The van der Waals surface area contributed by atoms with E-state index in [-0.39, 0.29) is 12.2 Å². The Hall–Kier alpha value is -1.64. The van der Waals surface area contributed by atoms with Gasteiger partial charge in [0.1, 0.15) is 11.8 Å². The molecule has 2 fully saturated rings. The lowest BCUT2D eigenvalue weighted by molar-refractivity contribution is -0.0817. The Morgan fingerprint density at radius 3 is 3.00 bits per heavy atom. The number of hydrogen-bond acceptors (Lipinski definition) is 4. The fourth-order valence-corrected chi connectivity index (χ4v) is 3.95. The Balaban J connectivity index is 1.38. The maximum atomic E-state index is 5.93. The molecule has 0 saturated carbocycles. The molecule has 8 heteroatoms. The van der Waals surface area contributed by atoms with Crippen molar-refractivity contribution in [3.05, 3.63) is 34.7 Å². The molecule has 0 bridgehead atoms. The Bertz CT molecular complexity index is 787. The summed E-state index contributed by atoms with van der Waals surface area (Å²) in [7, 11) is 1.82. The van der Waals surface area contributed by atoms with Crippen molar-refractivity contribution >= 4 is 27.5 Å². The van der Waals surface area contributed by atoms with E-state index in [4.69, 9.17) is 9.47 Å². The van der Waals surface area contributed by atoms with Crippen LogP contribution in [0.4, 0.5) is 0 Å². The van der Waals surface area contributed by atoms with Crippen molar-refractivity contribution in [1.29, 1.82) is 0 Å². The van der Waals surface area contributed by atoms with Crippen molar-refractivity contribution in [1.82, 2.24) is 19.6 Å². The van der Waals surface area contributed by atoms with Crippen LogP contribution in [0.15, 0.2) is 34.0 Å². The molecule has 0 radical (unpaired) electrons. The topological polar surface area (TPSA) is 63.4 Å². The number of ether oxygens (including phenoxy) is 2. The number of pyridine rings is 1. The number of fused-ring (bicyclic) bond motifs is 1. The van der Waals surface area contributed by atoms with Gasteiger partial charge < -0.3 is 24.1 Å². The summed E-state index contributed by atoms with van der Waals surface area (Å²) >= 11 is 3.49. The van der Waals surface area contributed by atoms with Crippen LogP contribution < -0.4 is 5.32 Å². The van der Waals surface area contributed by atoms with Crippen LogP contribution in [0.5, 0.6) is 0 Å². The first kappa shape index (κ1) is 17.8. The fraction of sp³-hybridized carbons (Fsp3) is 0.556. The third-order valence-corrected chi connectivity index (χ3v) is 5.35. The van der Waals surface area contributed by atoms with E-state index >= 15 is 0 Å². The molecule has 2 aliphatic heterocycles. The number of guanidine groups is 1. The third-order valence-electron chi connectivity index (χ3n) is 4.88. The second-order valence-electron chi connectivity index (χ2n) is 6.65. The minimum Gasteiger partial charge on any atom is -0.375 e. The van der Waals surface area contributed by atoms with Gasteiger partial charge in [0.15, 0.2) is 5.96 Å². The van der Waals surface area contributed by atoms with Crippen LogP contribution in [0, 0.1) is 0 Å². The van der Waals surface area contributed by atoms with Crippen molar-refractivity contribution in [3.63, 3.8) is 0 Å². The number of morpholine rings is 1. The Morgan fingerprint density at radius 1 is 1.31 bits per heavy atom. The summed E-state index contributed by atoms with van der Waals surface area (Å²) < 4.78 is 14.8. The molecule has 1 N–H and O–H groups in total. The normalized spacial score (nSPS) is 24.4. The monoisotopic (exact) mass is 421 g/mol. The quantitative estimate of drug-likeness (QED) is 0.606. The highest BCUT2D eigenvalue weighted by Crippen LogP contribution is 2.21. The maximum Gasteiger partial charge on any atom is 0.194 e. The van der Waals surface area contributed by atoms with Gasteiger partial charge in [-0.3, -0.25) is 4.99 Å². The van der Waals surface area contributed by atoms with Gasteiger partial charge in [0, 0.05) is 43.6 Å². The van der Waals surface area contributed by atoms with Crippen molar-refractivity contribution in [2.45, 2.75) is 31.6 Å². The molecule has 2 aromatic rings. The summed E-state index contributed by atoms with van der Waals surface area (Å²) in [4.78, 5) is 11.3. The van der Waals surface area contributed by atoms with Gasteiger partial charge in [0.05, 0.1) is 24.9 Å². The van der Waals surface area contributed by atoms with Crippen LogP contribution in [0.1, 0.15) is 18.5 Å². The van der Waals surface area contributed by atoms with Crippen molar-refractivity contribution < 1.29 is 9.47 Å². The van der Waals surface area contributed by atoms with Crippen LogP contribution in [-0.2, 0) is 16.0 Å². The number of nitrogens with zero attached hydrogens (tertiary/aromatic N) is 4. The first-order chi connectivity index (χ1) is 12.7. The lowest BCUT2D eigenvalue weighted by Gasteiger charge is -2.37. The average molecular weight is 422 g/mol. The van der Waals surface area contributed by atoms with Crippen molar-refractivity contribution in [2.75, 3.05) is 33.4 Å². The number of imidazole rings is 1. The molecule has 2 saturated heterocycles. The molecule has 26 heavy (non-hydrogen) atoms. The van der Waals surface area contributed by atoms with E-state index in [1.807, 2.05) is 36.0 Å². The van der Waals surface area contributed by atoms with Crippen molar-refractivity contribution in [2.24, 2.45) is 4.99 Å². The first-order valence-corrected chi connectivity index (χ1v) is 9.84. The number of halogens is 1. The van der Waals surface area contributed by atoms with Crippen molar-refractivity contribution in [3.8, 4) is 0 Å². The van der Waals surface area contributed by atoms with E-state index in [1.165, 1.54) is 0 Å². The van der Waals surface area contributed by atoms with Gasteiger partial charge in [0.25, 0.3) is 0 Å². The Morgan fingerprint density at radius 2 is 2.19 bits per heavy atom. The summed E-state index contributed by atoms with van der Waals surface area (Å²) in [6.07, 6.45) is 6.59. The molecule has 4 rings (SSSR count). The number of aromatic nitrogens is 2. The smallest absolute Gasteiger partial charge is 0.194 e. The first-order valence-electron chi connectivity index (χ1n) is 9.05. The zero-order valence-electron chi connectivity index (χ0n) is 14.9. The highest BCUT2D eigenvalue weighted by Gasteiger charge is 2.32. The van der Waals surface area contributed by atoms with Crippen LogP contribution in [-0.4, -0.2) is 65.8 Å². The van der Waals surface area contributed by atoms with Gasteiger partial charge in [-0.2, -0.15) is 0 Å². The molecule has 2 atom stereocenters. The standard InChI is InChI=1S/C18H24BrN5O2/c1-20-18(23-6-8-26-16(12-23)15-3-2-7-25-15)21-9-14-11-24-10-13(19)4-5-17(24)22-14/h4-5,10-11,15-16H,2-3,6-9,12H2,1H3,(H,20,21). The molecule has 2 unspecified atom stereocenters. The van der Waals surface area contributed by atoms with Gasteiger partial charge in [-0.1, -0.05) is 0 Å².